The van der Waals surface area contributed by atoms with E-state index in [0.29, 0.717) is 17.6 Å². The summed E-state index contributed by atoms with van der Waals surface area (Å²) in [5, 5.41) is 10.7. The second-order valence-corrected chi connectivity index (χ2v) is 10.2. The molecule has 2 heterocycles. The van der Waals surface area contributed by atoms with Crippen LogP contribution in [0.3, 0.4) is 0 Å². The standard InChI is InChI=1S/C21H21ClN4O2S/c22-18-10-16(29(27,28)15-4-2-1-3-5-15)11-19(23-18)24-20-12-17(25-26-20)21(13-6-7-13)14-8-9-14/h1-5,10-14,21H,6-9H2,(H2,23,24,25,26). The van der Waals surface area contributed by atoms with E-state index >= 15 is 0 Å². The highest BCUT2D eigenvalue weighted by atomic mass is 35.5. The normalized spacial score (nSPS) is 16.9. The van der Waals surface area contributed by atoms with Gasteiger partial charge in [0.15, 0.2) is 5.82 Å². The number of nitrogens with zero attached hydrogens (tertiary/aromatic N) is 2. The van der Waals surface area contributed by atoms with Crippen molar-refractivity contribution in [2.45, 2.75) is 41.4 Å². The third-order valence-electron chi connectivity index (χ3n) is 5.60. The lowest BCUT2D eigenvalue weighted by Gasteiger charge is -2.12. The van der Waals surface area contributed by atoms with Gasteiger partial charge in [0.25, 0.3) is 0 Å². The lowest BCUT2D eigenvalue weighted by atomic mass is 9.94. The number of aromatic amines is 1. The Labute approximate surface area is 174 Å². The van der Waals surface area contributed by atoms with Crippen LogP contribution in [0.4, 0.5) is 11.6 Å². The van der Waals surface area contributed by atoms with E-state index < -0.39 is 9.84 Å². The fraction of sp³-hybridized carbons (Fsp3) is 0.333. The number of anilines is 2. The molecule has 3 aromatic rings. The smallest absolute Gasteiger partial charge is 0.206 e. The number of sulfone groups is 1. The summed E-state index contributed by atoms with van der Waals surface area (Å²) in [6.45, 7) is 0. The van der Waals surface area contributed by atoms with Gasteiger partial charge in [-0.15, -0.1) is 0 Å². The summed E-state index contributed by atoms with van der Waals surface area (Å²) in [5.74, 6) is 3.05. The number of halogens is 1. The summed E-state index contributed by atoms with van der Waals surface area (Å²) >= 11 is 6.12. The molecule has 2 saturated carbocycles. The number of pyridine rings is 1. The first kappa shape index (κ1) is 18.6. The number of rotatable bonds is 7. The summed E-state index contributed by atoms with van der Waals surface area (Å²) in [6.07, 6.45) is 5.16. The highest BCUT2D eigenvalue weighted by molar-refractivity contribution is 7.91. The van der Waals surface area contributed by atoms with Crippen molar-refractivity contribution in [3.8, 4) is 0 Å². The number of hydrogen-bond acceptors (Lipinski definition) is 5. The third kappa shape index (κ3) is 3.89. The molecule has 0 amide bonds. The summed E-state index contributed by atoms with van der Waals surface area (Å²) in [4.78, 5) is 4.53. The summed E-state index contributed by atoms with van der Waals surface area (Å²) in [7, 11) is -3.68. The van der Waals surface area contributed by atoms with Crippen molar-refractivity contribution in [3.63, 3.8) is 0 Å². The Morgan fingerprint density at radius 2 is 1.66 bits per heavy atom. The maximum atomic E-state index is 12.9. The Morgan fingerprint density at radius 1 is 0.966 bits per heavy atom. The molecular weight excluding hydrogens is 408 g/mol. The van der Waals surface area contributed by atoms with Crippen LogP contribution in [-0.4, -0.2) is 23.6 Å². The van der Waals surface area contributed by atoms with Gasteiger partial charge in [0.2, 0.25) is 9.84 Å². The molecule has 2 aliphatic rings. The van der Waals surface area contributed by atoms with Crippen LogP contribution >= 0.6 is 11.6 Å². The molecular formula is C21H21ClN4O2S. The zero-order valence-electron chi connectivity index (χ0n) is 15.7. The monoisotopic (exact) mass is 428 g/mol. The highest BCUT2D eigenvalue weighted by Gasteiger charge is 2.43. The number of aromatic nitrogens is 3. The lowest BCUT2D eigenvalue weighted by molar-refractivity contribution is 0.523. The van der Waals surface area contributed by atoms with Crippen molar-refractivity contribution in [2.24, 2.45) is 11.8 Å². The van der Waals surface area contributed by atoms with Crippen LogP contribution in [0.25, 0.3) is 0 Å². The molecule has 0 atom stereocenters. The summed E-state index contributed by atoms with van der Waals surface area (Å²) < 4.78 is 25.8. The van der Waals surface area contributed by atoms with Crippen molar-refractivity contribution < 1.29 is 8.42 Å². The topological polar surface area (TPSA) is 87.7 Å². The summed E-state index contributed by atoms with van der Waals surface area (Å²) in [6, 6.07) is 13.1. The predicted octanol–water partition coefficient (Wildman–Crippen LogP) is 4.94. The average molecular weight is 429 g/mol. The van der Waals surface area contributed by atoms with E-state index in [1.165, 1.54) is 37.8 Å². The molecule has 0 unspecified atom stereocenters. The van der Waals surface area contributed by atoms with E-state index in [-0.39, 0.29) is 14.9 Å². The first-order valence-corrected chi connectivity index (χ1v) is 11.7. The molecule has 5 rings (SSSR count). The van der Waals surface area contributed by atoms with E-state index in [2.05, 4.69) is 20.5 Å². The van der Waals surface area contributed by atoms with Gasteiger partial charge in [0.1, 0.15) is 11.0 Å². The molecule has 0 radical (unpaired) electrons. The van der Waals surface area contributed by atoms with Crippen LogP contribution in [0.1, 0.15) is 37.3 Å². The van der Waals surface area contributed by atoms with Gasteiger partial charge in [-0.3, -0.25) is 5.10 Å². The van der Waals surface area contributed by atoms with Crippen LogP contribution < -0.4 is 5.32 Å². The minimum atomic E-state index is -3.68. The van der Waals surface area contributed by atoms with Crippen LogP contribution in [0, 0.1) is 11.8 Å². The molecule has 6 nitrogen and oxygen atoms in total. The number of nitrogens with one attached hydrogen (secondary N) is 2. The van der Waals surface area contributed by atoms with Gasteiger partial charge in [0.05, 0.1) is 9.79 Å². The fourth-order valence-corrected chi connectivity index (χ4v) is 5.53. The lowest BCUT2D eigenvalue weighted by Crippen LogP contribution is -2.04. The molecule has 8 heteroatoms. The van der Waals surface area contributed by atoms with Gasteiger partial charge in [-0.1, -0.05) is 29.8 Å². The van der Waals surface area contributed by atoms with E-state index in [1.807, 2.05) is 6.07 Å². The van der Waals surface area contributed by atoms with Gasteiger partial charge in [-0.2, -0.15) is 5.10 Å². The number of H-pyrrole nitrogens is 1. The number of hydrogen-bond donors (Lipinski definition) is 2. The van der Waals surface area contributed by atoms with Crippen molar-refractivity contribution >= 4 is 33.1 Å². The SMILES string of the molecule is O=S(=O)(c1ccccc1)c1cc(Cl)nc(Nc2cc(C(C3CC3)C3CC3)[nH]n2)c1. The molecule has 2 aromatic heterocycles. The van der Waals surface area contributed by atoms with Crippen molar-refractivity contribution in [1.82, 2.24) is 15.2 Å². The maximum Gasteiger partial charge on any atom is 0.206 e. The van der Waals surface area contributed by atoms with Gasteiger partial charge in [-0.05, 0) is 61.8 Å². The Bertz CT molecular complexity index is 1130. The van der Waals surface area contributed by atoms with Crippen molar-refractivity contribution in [3.05, 3.63) is 59.4 Å². The quantitative estimate of drug-likeness (QED) is 0.520. The molecule has 1 aromatic carbocycles. The first-order chi connectivity index (χ1) is 14.0. The minimum Gasteiger partial charge on any atom is -0.323 e. The zero-order chi connectivity index (χ0) is 20.0. The Kier molecular flexibility index (Phi) is 4.59. The molecule has 0 saturated heterocycles. The molecule has 0 aliphatic heterocycles. The first-order valence-electron chi connectivity index (χ1n) is 9.81. The van der Waals surface area contributed by atoms with Gasteiger partial charge < -0.3 is 5.32 Å². The molecule has 2 N–H and O–H groups in total. The second-order valence-electron chi connectivity index (χ2n) is 7.86. The third-order valence-corrected chi connectivity index (χ3v) is 7.55. The van der Waals surface area contributed by atoms with E-state index in [0.717, 1.165) is 17.5 Å². The van der Waals surface area contributed by atoms with Gasteiger partial charge in [-0.25, -0.2) is 13.4 Å². The van der Waals surface area contributed by atoms with Crippen molar-refractivity contribution in [2.75, 3.05) is 5.32 Å². The molecule has 0 spiro atoms. The van der Waals surface area contributed by atoms with Crippen LogP contribution in [0.5, 0.6) is 0 Å². The predicted molar refractivity (Wildman–Crippen MR) is 111 cm³/mol. The van der Waals surface area contributed by atoms with Crippen LogP contribution in [0.2, 0.25) is 5.15 Å². The average Bonchev–Trinajstić information content (AvgIpc) is 3.63. The molecule has 2 aliphatic carbocycles. The molecule has 150 valence electrons. The molecule has 29 heavy (non-hydrogen) atoms. The minimum absolute atomic E-state index is 0.0933. The Morgan fingerprint density at radius 3 is 2.31 bits per heavy atom. The second kappa shape index (κ2) is 7.15. The van der Waals surface area contributed by atoms with Crippen molar-refractivity contribution in [1.29, 1.82) is 0 Å². The fourth-order valence-electron chi connectivity index (χ4n) is 3.93. The Balaban J connectivity index is 1.41. The Hall–Kier alpha value is -2.38. The zero-order valence-corrected chi connectivity index (χ0v) is 17.2. The van der Waals surface area contributed by atoms with Gasteiger partial charge >= 0.3 is 0 Å². The summed E-state index contributed by atoms with van der Waals surface area (Å²) in [5.41, 5.74) is 1.15. The molecule has 2 fully saturated rings. The van der Waals surface area contributed by atoms with E-state index in [9.17, 15) is 8.42 Å². The number of benzene rings is 1. The largest absolute Gasteiger partial charge is 0.323 e. The van der Waals surface area contributed by atoms with E-state index in [4.69, 9.17) is 11.6 Å². The van der Waals surface area contributed by atoms with Gasteiger partial charge in [0, 0.05) is 17.7 Å². The highest BCUT2D eigenvalue weighted by Crippen LogP contribution is 2.54. The van der Waals surface area contributed by atoms with E-state index in [1.54, 1.807) is 30.3 Å². The van der Waals surface area contributed by atoms with Crippen LogP contribution in [-0.2, 0) is 9.84 Å². The maximum absolute atomic E-state index is 12.9. The molecule has 0 bridgehead atoms. The van der Waals surface area contributed by atoms with Crippen LogP contribution in [0.15, 0.2) is 58.3 Å².